The summed E-state index contributed by atoms with van der Waals surface area (Å²) >= 11 is 0. The molecule has 0 saturated carbocycles. The molecular formula is C60H86N16O12. The number of guanidine groups is 1. The number of nitrogens with two attached hydrogens (primary N) is 2. The highest BCUT2D eigenvalue weighted by atomic mass is 16.3. The van der Waals surface area contributed by atoms with Gasteiger partial charge in [0.05, 0.1) is 12.9 Å². The fourth-order valence-electron chi connectivity index (χ4n) is 10.8. The first-order chi connectivity index (χ1) is 42.0. The van der Waals surface area contributed by atoms with Gasteiger partial charge in [0.25, 0.3) is 0 Å². The highest BCUT2D eigenvalue weighted by Crippen LogP contribution is 2.23. The third kappa shape index (κ3) is 19.5. The second-order valence-electron chi connectivity index (χ2n) is 23.2. The number of para-hydroxylation sites is 1. The summed E-state index contributed by atoms with van der Waals surface area (Å²) < 4.78 is 0. The van der Waals surface area contributed by atoms with Crippen LogP contribution >= 0.6 is 0 Å². The number of amides is 10. The van der Waals surface area contributed by atoms with E-state index in [1.54, 1.807) is 19.2 Å². The predicted molar refractivity (Wildman–Crippen MR) is 325 cm³/mol. The monoisotopic (exact) mass is 1220 g/mol. The number of hydrogen-bond acceptors (Lipinski definition) is 14. The van der Waals surface area contributed by atoms with Crippen molar-refractivity contribution in [1.29, 1.82) is 0 Å². The molecule has 4 aromatic rings. The number of aliphatic hydroxyl groups excluding tert-OH is 1. The highest BCUT2D eigenvalue weighted by molar-refractivity contribution is 5.99. The van der Waals surface area contributed by atoms with Crippen molar-refractivity contribution in [2.24, 2.45) is 28.3 Å². The van der Waals surface area contributed by atoms with Crippen LogP contribution in [-0.2, 0) is 67.2 Å². The Morgan fingerprint density at radius 3 is 1.93 bits per heavy atom. The second kappa shape index (κ2) is 32.6. The van der Waals surface area contributed by atoms with Gasteiger partial charge in [0.15, 0.2) is 5.96 Å². The highest BCUT2D eigenvalue weighted by Gasteiger charge is 2.41. The summed E-state index contributed by atoms with van der Waals surface area (Å²) in [5, 5.41) is 43.4. The minimum absolute atomic E-state index is 0.0399. The van der Waals surface area contributed by atoms with Gasteiger partial charge in [-0.1, -0.05) is 58.0 Å². The number of carbonyl (C=O) groups is 10. The number of phenolic OH excluding ortho intramolecular Hbond substituents is 1. The van der Waals surface area contributed by atoms with Gasteiger partial charge >= 0.3 is 0 Å². The molecule has 0 radical (unpaired) electrons. The number of aliphatic hydroxyl groups is 1. The maximum atomic E-state index is 14.7. The predicted octanol–water partition coefficient (Wildman–Crippen LogP) is -1.10. The zero-order valence-electron chi connectivity index (χ0n) is 50.7. The van der Waals surface area contributed by atoms with Crippen LogP contribution in [0.4, 0.5) is 0 Å². The van der Waals surface area contributed by atoms with E-state index in [1.807, 2.05) is 45.9 Å². The molecule has 2 fully saturated rings. The van der Waals surface area contributed by atoms with Crippen molar-refractivity contribution in [2.45, 2.75) is 160 Å². The molecule has 2 aromatic carbocycles. The van der Waals surface area contributed by atoms with Gasteiger partial charge in [0, 0.05) is 81.4 Å². The lowest BCUT2D eigenvalue weighted by Crippen LogP contribution is -2.61. The summed E-state index contributed by atoms with van der Waals surface area (Å²) in [5.74, 6) is -7.40. The van der Waals surface area contributed by atoms with Gasteiger partial charge in [-0.25, -0.2) is 4.98 Å². The number of benzene rings is 2. The van der Waals surface area contributed by atoms with Crippen LogP contribution < -0.4 is 54.0 Å². The number of hydrogen-bond donors (Lipinski definition) is 14. The summed E-state index contributed by atoms with van der Waals surface area (Å²) in [6.07, 6.45) is 5.89. The van der Waals surface area contributed by atoms with Gasteiger partial charge in [-0.2, -0.15) is 0 Å². The van der Waals surface area contributed by atoms with E-state index >= 15 is 0 Å². The average Bonchev–Trinajstić information content (AvgIpc) is 3.68. The zero-order valence-corrected chi connectivity index (χ0v) is 50.7. The molecular weight excluding hydrogens is 1140 g/mol. The van der Waals surface area contributed by atoms with Crippen LogP contribution in [0.15, 0.2) is 72.2 Å². The van der Waals surface area contributed by atoms with E-state index in [2.05, 4.69) is 62.5 Å². The van der Waals surface area contributed by atoms with Crippen molar-refractivity contribution in [3.8, 4) is 5.75 Å². The number of aromatic nitrogens is 3. The number of imidazole rings is 1. The van der Waals surface area contributed by atoms with E-state index < -0.39 is 108 Å². The topological polar surface area (TPSA) is 423 Å². The molecule has 28 nitrogen and oxygen atoms in total. The van der Waals surface area contributed by atoms with Gasteiger partial charge < -0.3 is 84.0 Å². The van der Waals surface area contributed by atoms with Gasteiger partial charge in [0.1, 0.15) is 60.1 Å². The first kappa shape index (κ1) is 68.0. The van der Waals surface area contributed by atoms with E-state index in [4.69, 9.17) is 11.5 Å². The minimum Gasteiger partial charge on any atom is -0.508 e. The Morgan fingerprint density at radius 2 is 1.34 bits per heavy atom. The number of likely N-dealkylation sites (tertiary alicyclic amines) is 1. The summed E-state index contributed by atoms with van der Waals surface area (Å²) in [4.78, 5) is 157. The van der Waals surface area contributed by atoms with Crippen LogP contribution in [-0.4, -0.2) is 188 Å². The number of rotatable bonds is 32. The zero-order chi connectivity index (χ0) is 64.2. The third-order valence-electron chi connectivity index (χ3n) is 15.4. The van der Waals surface area contributed by atoms with Crippen LogP contribution in [0.2, 0.25) is 0 Å². The molecule has 10 amide bonds. The summed E-state index contributed by atoms with van der Waals surface area (Å²) in [7, 11) is 1.41. The largest absolute Gasteiger partial charge is 0.508 e. The van der Waals surface area contributed by atoms with Crippen molar-refractivity contribution in [1.82, 2.24) is 67.3 Å². The number of phenols is 1. The molecule has 0 bridgehead atoms. The fraction of sp³-hybridized carbons (Fsp3) is 0.533. The number of carbonyl (C=O) groups excluding carboxylic acids is 10. The van der Waals surface area contributed by atoms with Crippen LogP contribution in [0.5, 0.6) is 5.75 Å². The maximum absolute atomic E-state index is 14.7. The number of nitrogens with zero attached hydrogens (tertiary/aromatic N) is 4. The first-order valence-electron chi connectivity index (χ1n) is 29.9. The molecule has 16 N–H and O–H groups in total. The van der Waals surface area contributed by atoms with Crippen LogP contribution in [0.25, 0.3) is 10.9 Å². The van der Waals surface area contributed by atoms with Crippen molar-refractivity contribution in [3.05, 3.63) is 84.1 Å². The molecule has 88 heavy (non-hydrogen) atoms. The van der Waals surface area contributed by atoms with E-state index in [9.17, 15) is 58.2 Å². The SMILES string of the molecule is CCNC(=O)[C@@H]1CCCN1C(=O)[C@H](CCCN=C(N)N)NC(=O)[C@H](CC(C)C)NC(=O)[C@H](CC(C)C)NC(=O)[C@H](Cc1ccc(O)cc1)NC(=O)[C@H](CO)NC(=O)[C@H](Cc1c[nH]c2ccccc12)NC(=O)[C@H](Cc1cnc[nH]1)N(C)C(=O)[C@@H]1CCC(=O)N1. The smallest absolute Gasteiger partial charge is 0.245 e. The lowest BCUT2D eigenvalue weighted by atomic mass is 9.98. The normalized spacial score (nSPS) is 17.1. The van der Waals surface area contributed by atoms with E-state index in [0.29, 0.717) is 36.2 Å². The number of H-pyrrole nitrogens is 2. The van der Waals surface area contributed by atoms with Crippen molar-refractivity contribution >= 4 is 75.9 Å². The number of fused-ring (bicyclic) bond motifs is 1. The number of aliphatic imine (C=N–C) groups is 1. The van der Waals surface area contributed by atoms with E-state index in [1.165, 1.54) is 53.6 Å². The number of nitrogens with one attached hydrogen (secondary N) is 10. The Hall–Kier alpha value is -9.08. The van der Waals surface area contributed by atoms with Crippen LogP contribution in [0.3, 0.4) is 0 Å². The molecule has 6 rings (SSSR count). The molecule has 2 aliphatic rings. The first-order valence-corrected chi connectivity index (χ1v) is 29.9. The van der Waals surface area contributed by atoms with Gasteiger partial charge in [0.2, 0.25) is 59.1 Å². The molecule has 0 aliphatic carbocycles. The molecule has 9 atom stereocenters. The molecule has 2 saturated heterocycles. The Kier molecular flexibility index (Phi) is 25.2. The van der Waals surface area contributed by atoms with E-state index in [-0.39, 0.29) is 106 Å². The number of aromatic amines is 2. The van der Waals surface area contributed by atoms with Gasteiger partial charge in [-0.3, -0.25) is 52.9 Å². The standard InChI is InChI=1S/C60H86N16O12/c1-7-64-56(85)48-15-11-23-76(48)59(88)41(14-10-22-65-60(61)62)69-51(80)43(24-33(2)3)70-52(81)44(25-34(4)5)71-53(82)45(26-35-16-18-38(78)19-17-35)72-55(84)47(31-77)74-54(83)46(27-36-29-66-40-13-9-8-12-39(36)40)73-57(86)49(28-37-30-63-32-67-37)75(6)58(87)42-20-21-50(79)68-42/h8-9,12-13,16-19,29-30,32-34,41-49,66,77-78H,7,10-11,14-15,20-28,31H2,1-6H3,(H,63,67)(H,64,85)(H,68,79)(H,69,80)(H,70,81)(H,71,82)(H,72,84)(H,73,86)(H,74,83)(H4,61,62,65)/t41-,42-,43-,44-,45-,46-,47-,48-,49-/m0/s1. The molecule has 2 aliphatic heterocycles. The van der Waals surface area contributed by atoms with Crippen LogP contribution in [0, 0.1) is 11.8 Å². The molecule has 4 heterocycles. The third-order valence-corrected chi connectivity index (χ3v) is 15.4. The second-order valence-corrected chi connectivity index (χ2v) is 23.2. The lowest BCUT2D eigenvalue weighted by molar-refractivity contribution is -0.142. The Balaban J connectivity index is 1.23. The minimum atomic E-state index is -1.75. The van der Waals surface area contributed by atoms with Gasteiger partial charge in [-0.05, 0) is 93.0 Å². The fourth-order valence-corrected chi connectivity index (χ4v) is 10.8. The molecule has 0 unspecified atom stereocenters. The van der Waals surface area contributed by atoms with Crippen molar-refractivity contribution in [2.75, 3.05) is 33.3 Å². The van der Waals surface area contributed by atoms with Crippen molar-refractivity contribution < 1.29 is 58.2 Å². The molecule has 2 aromatic heterocycles. The summed E-state index contributed by atoms with van der Waals surface area (Å²) in [6, 6.07) is 1.68. The number of aromatic hydroxyl groups is 1. The Morgan fingerprint density at radius 1 is 0.750 bits per heavy atom. The van der Waals surface area contributed by atoms with Crippen molar-refractivity contribution in [3.63, 3.8) is 0 Å². The maximum Gasteiger partial charge on any atom is 0.245 e. The average molecular weight is 1220 g/mol. The molecule has 0 spiro atoms. The Labute approximate surface area is 510 Å². The van der Waals surface area contributed by atoms with Crippen LogP contribution in [0.1, 0.15) is 103 Å². The molecule has 28 heteroatoms. The van der Waals surface area contributed by atoms with E-state index in [0.717, 1.165) is 10.9 Å². The summed E-state index contributed by atoms with van der Waals surface area (Å²) in [6.45, 7) is 8.83. The Bertz CT molecular complexity index is 3090. The molecule has 478 valence electrons. The van der Waals surface area contributed by atoms with Gasteiger partial charge in [-0.15, -0.1) is 0 Å². The quantitative estimate of drug-likeness (QED) is 0.0157. The number of likely N-dealkylation sites (N-methyl/N-ethyl adjacent to an activating group) is 2. The summed E-state index contributed by atoms with van der Waals surface area (Å²) in [5.41, 5.74) is 13.3. The lowest BCUT2D eigenvalue weighted by Gasteiger charge is -2.31.